The smallest absolute Gasteiger partial charge is 0.322 e. The zero-order chi connectivity index (χ0) is 10.3. The Kier molecular flexibility index (Phi) is 5.62. The number of nitrogens with two attached hydrogens (primary N) is 1. The van der Waals surface area contributed by atoms with Crippen LogP contribution in [0.5, 0.6) is 0 Å². The van der Waals surface area contributed by atoms with Gasteiger partial charge in [0.1, 0.15) is 6.04 Å². The van der Waals surface area contributed by atoms with E-state index in [0.717, 1.165) is 0 Å². The summed E-state index contributed by atoms with van der Waals surface area (Å²) in [5, 5.41) is 5.23. The predicted molar refractivity (Wildman–Crippen MR) is 47.1 cm³/mol. The van der Waals surface area contributed by atoms with Crippen LogP contribution in [0.2, 0.25) is 0 Å². The number of carbonyl (C=O) groups excluding carboxylic acids is 2. The summed E-state index contributed by atoms with van der Waals surface area (Å²) >= 11 is 0. The van der Waals surface area contributed by atoms with Gasteiger partial charge in [-0.15, -0.1) is 0 Å². The lowest BCUT2D eigenvalue weighted by molar-refractivity contribution is -0.142. The number of primary amides is 1. The molecular weight excluding hydrogens is 174 g/mol. The fourth-order valence-corrected chi connectivity index (χ4v) is 0.734. The molecule has 2 amide bonds. The maximum absolute atomic E-state index is 10.8. The largest absolute Gasteiger partial charge is 0.468 e. The van der Waals surface area contributed by atoms with Crippen molar-refractivity contribution in [3.8, 4) is 0 Å². The van der Waals surface area contributed by atoms with Crippen LogP contribution >= 0.6 is 0 Å². The van der Waals surface area contributed by atoms with Crippen LogP contribution in [0.1, 0.15) is 6.92 Å². The lowest BCUT2D eigenvalue weighted by atomic mass is 10.3. The van der Waals surface area contributed by atoms with Gasteiger partial charge in [0, 0.05) is 13.1 Å². The fraction of sp³-hybridized carbons (Fsp3) is 0.714. The molecule has 0 aliphatic heterocycles. The molecule has 0 bridgehead atoms. The molecule has 0 spiro atoms. The standard InChI is InChI=1S/C7H15N3O3/c1-5(6(11)13-2)9-3-4-10-7(8)12/h5,9H,3-4H2,1-2H3,(H3,8,10,12). The maximum atomic E-state index is 10.8. The normalized spacial score (nSPS) is 11.8. The minimum Gasteiger partial charge on any atom is -0.468 e. The third kappa shape index (κ3) is 5.92. The Morgan fingerprint density at radius 2 is 2.08 bits per heavy atom. The van der Waals surface area contributed by atoms with Gasteiger partial charge >= 0.3 is 12.0 Å². The Morgan fingerprint density at radius 3 is 2.54 bits per heavy atom. The molecule has 4 N–H and O–H groups in total. The van der Waals surface area contributed by atoms with Gasteiger partial charge in [0.05, 0.1) is 7.11 Å². The molecule has 1 atom stereocenters. The van der Waals surface area contributed by atoms with Crippen molar-refractivity contribution >= 4 is 12.0 Å². The quantitative estimate of drug-likeness (QED) is 0.374. The van der Waals surface area contributed by atoms with Crippen molar-refractivity contribution in [3.63, 3.8) is 0 Å². The van der Waals surface area contributed by atoms with Crippen LogP contribution in [0.15, 0.2) is 0 Å². The van der Waals surface area contributed by atoms with Gasteiger partial charge in [-0.3, -0.25) is 4.79 Å². The van der Waals surface area contributed by atoms with Gasteiger partial charge in [0.25, 0.3) is 0 Å². The molecule has 0 rings (SSSR count). The van der Waals surface area contributed by atoms with Crippen LogP contribution in [0, 0.1) is 0 Å². The van der Waals surface area contributed by atoms with E-state index in [2.05, 4.69) is 15.4 Å². The molecule has 76 valence electrons. The molecule has 6 nitrogen and oxygen atoms in total. The zero-order valence-corrected chi connectivity index (χ0v) is 7.79. The highest BCUT2D eigenvalue weighted by Gasteiger charge is 2.10. The molecule has 0 heterocycles. The van der Waals surface area contributed by atoms with Crippen molar-refractivity contribution in [3.05, 3.63) is 0 Å². The van der Waals surface area contributed by atoms with Crippen LogP contribution < -0.4 is 16.4 Å². The number of ether oxygens (including phenoxy) is 1. The summed E-state index contributed by atoms with van der Waals surface area (Å²) in [6.07, 6.45) is 0. The average molecular weight is 189 g/mol. The number of hydrogen-bond acceptors (Lipinski definition) is 4. The topological polar surface area (TPSA) is 93.4 Å². The summed E-state index contributed by atoms with van der Waals surface area (Å²) in [5.74, 6) is -0.334. The Morgan fingerprint density at radius 1 is 1.46 bits per heavy atom. The minimum atomic E-state index is -0.576. The highest BCUT2D eigenvalue weighted by atomic mass is 16.5. The van der Waals surface area contributed by atoms with E-state index in [-0.39, 0.29) is 12.0 Å². The monoisotopic (exact) mass is 189 g/mol. The van der Waals surface area contributed by atoms with Crippen molar-refractivity contribution in [1.29, 1.82) is 0 Å². The van der Waals surface area contributed by atoms with E-state index in [1.54, 1.807) is 6.92 Å². The van der Waals surface area contributed by atoms with Crippen LogP contribution in [0.25, 0.3) is 0 Å². The van der Waals surface area contributed by atoms with E-state index >= 15 is 0 Å². The van der Waals surface area contributed by atoms with Crippen LogP contribution in [0.4, 0.5) is 4.79 Å². The molecule has 0 aromatic heterocycles. The summed E-state index contributed by atoms with van der Waals surface area (Å²) in [5.41, 5.74) is 4.83. The van der Waals surface area contributed by atoms with Crippen LogP contribution in [-0.4, -0.2) is 38.2 Å². The molecule has 0 aromatic carbocycles. The van der Waals surface area contributed by atoms with Gasteiger partial charge in [-0.25, -0.2) is 4.79 Å². The molecule has 0 aliphatic carbocycles. The Bertz CT molecular complexity index is 184. The van der Waals surface area contributed by atoms with E-state index in [0.29, 0.717) is 13.1 Å². The molecule has 13 heavy (non-hydrogen) atoms. The van der Waals surface area contributed by atoms with Gasteiger partial charge in [-0.05, 0) is 6.92 Å². The second-order valence-corrected chi connectivity index (χ2v) is 2.49. The summed E-state index contributed by atoms with van der Waals surface area (Å²) in [6.45, 7) is 2.53. The summed E-state index contributed by atoms with van der Waals surface area (Å²) < 4.78 is 4.48. The van der Waals surface area contributed by atoms with Crippen molar-refractivity contribution < 1.29 is 14.3 Å². The molecule has 0 aromatic rings. The first-order valence-corrected chi connectivity index (χ1v) is 3.92. The first kappa shape index (κ1) is 11.7. The molecule has 0 saturated heterocycles. The minimum absolute atomic E-state index is 0.334. The van der Waals surface area contributed by atoms with E-state index < -0.39 is 6.03 Å². The Labute approximate surface area is 76.8 Å². The van der Waals surface area contributed by atoms with E-state index in [1.165, 1.54) is 7.11 Å². The number of urea groups is 1. The molecular formula is C7H15N3O3. The fourth-order valence-electron chi connectivity index (χ4n) is 0.734. The average Bonchev–Trinajstić information content (AvgIpc) is 2.10. The number of nitrogens with one attached hydrogen (secondary N) is 2. The second kappa shape index (κ2) is 6.24. The summed E-state index contributed by atoms with van der Waals surface area (Å²) in [6, 6.07) is -0.952. The molecule has 0 radical (unpaired) electrons. The molecule has 0 saturated carbocycles. The van der Waals surface area contributed by atoms with Gasteiger partial charge in [0.15, 0.2) is 0 Å². The Hall–Kier alpha value is -1.30. The maximum Gasteiger partial charge on any atom is 0.322 e. The SMILES string of the molecule is COC(=O)C(C)NCCNC(N)=O. The van der Waals surface area contributed by atoms with E-state index in [1.807, 2.05) is 0 Å². The molecule has 1 unspecified atom stereocenters. The van der Waals surface area contributed by atoms with Gasteiger partial charge in [-0.1, -0.05) is 0 Å². The highest BCUT2D eigenvalue weighted by Crippen LogP contribution is 1.83. The lowest BCUT2D eigenvalue weighted by Crippen LogP contribution is -2.41. The van der Waals surface area contributed by atoms with Crippen LogP contribution in [-0.2, 0) is 9.53 Å². The first-order valence-electron chi connectivity index (χ1n) is 3.92. The van der Waals surface area contributed by atoms with Gasteiger partial charge in [0.2, 0.25) is 0 Å². The van der Waals surface area contributed by atoms with E-state index in [4.69, 9.17) is 5.73 Å². The Balaban J connectivity index is 3.42. The number of esters is 1. The molecule has 0 fully saturated rings. The summed E-state index contributed by atoms with van der Waals surface area (Å²) in [4.78, 5) is 21.1. The number of amides is 2. The van der Waals surface area contributed by atoms with E-state index in [9.17, 15) is 9.59 Å². The summed E-state index contributed by atoms with van der Waals surface area (Å²) in [7, 11) is 1.32. The third-order valence-corrected chi connectivity index (χ3v) is 1.43. The number of rotatable bonds is 5. The van der Waals surface area contributed by atoms with Crippen molar-refractivity contribution in [2.45, 2.75) is 13.0 Å². The third-order valence-electron chi connectivity index (χ3n) is 1.43. The van der Waals surface area contributed by atoms with Gasteiger partial charge < -0.3 is 21.1 Å². The number of hydrogen-bond donors (Lipinski definition) is 3. The molecule has 0 aliphatic rings. The van der Waals surface area contributed by atoms with Crippen molar-refractivity contribution in [2.24, 2.45) is 5.73 Å². The van der Waals surface area contributed by atoms with Gasteiger partial charge in [-0.2, -0.15) is 0 Å². The van der Waals surface area contributed by atoms with Crippen molar-refractivity contribution in [1.82, 2.24) is 10.6 Å². The highest BCUT2D eigenvalue weighted by molar-refractivity contribution is 5.75. The molecule has 6 heteroatoms. The predicted octanol–water partition coefficient (Wildman–Crippen LogP) is -1.19. The lowest BCUT2D eigenvalue weighted by Gasteiger charge is -2.10. The first-order chi connectivity index (χ1) is 6.07. The second-order valence-electron chi connectivity index (χ2n) is 2.49. The number of carbonyl (C=O) groups is 2. The van der Waals surface area contributed by atoms with Crippen molar-refractivity contribution in [2.75, 3.05) is 20.2 Å². The van der Waals surface area contributed by atoms with Crippen LogP contribution in [0.3, 0.4) is 0 Å². The number of methoxy groups -OCH3 is 1. The zero-order valence-electron chi connectivity index (χ0n) is 7.79.